The molecule has 1 saturated heterocycles. The molecule has 0 bridgehead atoms. The molecule has 3 nitrogen and oxygen atoms in total. The Hall–Kier alpha value is -1.13. The van der Waals surface area contributed by atoms with E-state index in [9.17, 15) is 4.39 Å². The van der Waals surface area contributed by atoms with Gasteiger partial charge in [0.1, 0.15) is 5.82 Å². The molecule has 1 aromatic rings. The van der Waals surface area contributed by atoms with E-state index in [0.29, 0.717) is 18.2 Å². The lowest BCUT2D eigenvalue weighted by Crippen LogP contribution is -2.39. The third kappa shape index (κ3) is 3.17. The second-order valence-electron chi connectivity index (χ2n) is 4.42. The Morgan fingerprint density at radius 2 is 2.06 bits per heavy atom. The number of ether oxygens (including phenoxy) is 1. The number of rotatable bonds is 4. The molecular formula is C13H19FN2O. The fourth-order valence-electron chi connectivity index (χ4n) is 2.27. The zero-order chi connectivity index (χ0) is 12.1. The third-order valence-corrected chi connectivity index (χ3v) is 3.30. The molecule has 1 aromatic carbocycles. The smallest absolute Gasteiger partial charge is 0.146 e. The van der Waals surface area contributed by atoms with E-state index in [1.54, 1.807) is 12.1 Å². The van der Waals surface area contributed by atoms with Crippen LogP contribution in [0.3, 0.4) is 0 Å². The van der Waals surface area contributed by atoms with Gasteiger partial charge in [-0.3, -0.25) is 0 Å². The summed E-state index contributed by atoms with van der Waals surface area (Å²) in [6.07, 6.45) is 1.98. The lowest BCUT2D eigenvalue weighted by Gasteiger charge is -2.30. The monoisotopic (exact) mass is 238 g/mol. The number of nitrogens with one attached hydrogen (secondary N) is 1. The van der Waals surface area contributed by atoms with Crippen LogP contribution in [0.4, 0.5) is 10.1 Å². The largest absolute Gasteiger partial charge is 0.381 e. The summed E-state index contributed by atoms with van der Waals surface area (Å²) < 4.78 is 18.9. The van der Waals surface area contributed by atoms with E-state index in [4.69, 9.17) is 10.5 Å². The van der Waals surface area contributed by atoms with Crippen LogP contribution in [-0.2, 0) is 4.74 Å². The van der Waals surface area contributed by atoms with Gasteiger partial charge in [-0.15, -0.1) is 0 Å². The Balaban J connectivity index is 2.01. The van der Waals surface area contributed by atoms with Crippen LogP contribution in [0.5, 0.6) is 0 Å². The minimum atomic E-state index is -0.224. The molecule has 1 unspecified atom stereocenters. The molecule has 0 spiro atoms. The molecule has 1 heterocycles. The molecule has 4 heteroatoms. The summed E-state index contributed by atoms with van der Waals surface area (Å²) in [6, 6.07) is 6.84. The van der Waals surface area contributed by atoms with Crippen LogP contribution in [0, 0.1) is 11.7 Å². The van der Waals surface area contributed by atoms with Crippen LogP contribution in [0.15, 0.2) is 24.3 Å². The van der Waals surface area contributed by atoms with Gasteiger partial charge in [-0.1, -0.05) is 12.1 Å². The van der Waals surface area contributed by atoms with Crippen LogP contribution < -0.4 is 11.1 Å². The first-order valence-electron chi connectivity index (χ1n) is 6.10. The maximum absolute atomic E-state index is 13.5. The molecule has 0 saturated carbocycles. The highest BCUT2D eigenvalue weighted by Gasteiger charge is 2.23. The van der Waals surface area contributed by atoms with Crippen molar-refractivity contribution in [2.75, 3.05) is 25.1 Å². The van der Waals surface area contributed by atoms with Crippen molar-refractivity contribution in [2.45, 2.75) is 18.9 Å². The van der Waals surface area contributed by atoms with Crippen LogP contribution in [0.25, 0.3) is 0 Å². The number of halogens is 1. The summed E-state index contributed by atoms with van der Waals surface area (Å²) in [5.41, 5.74) is 6.31. The average Bonchev–Trinajstić information content (AvgIpc) is 2.39. The number of hydrogen-bond donors (Lipinski definition) is 2. The Labute approximate surface area is 101 Å². The highest BCUT2D eigenvalue weighted by Crippen LogP contribution is 2.22. The summed E-state index contributed by atoms with van der Waals surface area (Å²) in [7, 11) is 0. The number of anilines is 1. The van der Waals surface area contributed by atoms with Gasteiger partial charge >= 0.3 is 0 Å². The molecule has 1 atom stereocenters. The summed E-state index contributed by atoms with van der Waals surface area (Å²) in [5, 5.41) is 3.21. The molecule has 17 heavy (non-hydrogen) atoms. The molecule has 0 aliphatic carbocycles. The minimum Gasteiger partial charge on any atom is -0.381 e. The second-order valence-corrected chi connectivity index (χ2v) is 4.42. The third-order valence-electron chi connectivity index (χ3n) is 3.30. The zero-order valence-corrected chi connectivity index (χ0v) is 9.86. The SMILES string of the molecule is NCC(Nc1ccccc1F)C1CCOCC1. The maximum Gasteiger partial charge on any atom is 0.146 e. The Kier molecular flexibility index (Phi) is 4.34. The van der Waals surface area contributed by atoms with Crippen molar-refractivity contribution >= 4 is 5.69 Å². The van der Waals surface area contributed by atoms with E-state index in [-0.39, 0.29) is 11.9 Å². The predicted molar refractivity (Wildman–Crippen MR) is 66.4 cm³/mol. The number of nitrogens with two attached hydrogens (primary N) is 1. The molecule has 2 rings (SSSR count). The van der Waals surface area contributed by atoms with Crippen molar-refractivity contribution in [2.24, 2.45) is 11.7 Å². The first kappa shape index (κ1) is 12.3. The molecule has 1 aliphatic heterocycles. The Bertz CT molecular complexity index is 353. The molecule has 3 N–H and O–H groups in total. The standard InChI is InChI=1S/C13H19FN2O/c14-11-3-1-2-4-12(11)16-13(9-15)10-5-7-17-8-6-10/h1-4,10,13,16H,5-9,15H2. The van der Waals surface area contributed by atoms with Gasteiger partial charge < -0.3 is 15.8 Å². The van der Waals surface area contributed by atoms with E-state index < -0.39 is 0 Å². The molecule has 94 valence electrons. The molecular weight excluding hydrogens is 219 g/mol. The molecule has 0 aromatic heterocycles. The van der Waals surface area contributed by atoms with Gasteiger partial charge in [0.2, 0.25) is 0 Å². The highest BCUT2D eigenvalue weighted by atomic mass is 19.1. The van der Waals surface area contributed by atoms with Gasteiger partial charge in [-0.25, -0.2) is 4.39 Å². The fraction of sp³-hybridized carbons (Fsp3) is 0.538. The molecule has 1 aliphatic rings. The van der Waals surface area contributed by atoms with E-state index in [2.05, 4.69) is 5.32 Å². The number of hydrogen-bond acceptors (Lipinski definition) is 3. The quantitative estimate of drug-likeness (QED) is 0.843. The van der Waals surface area contributed by atoms with Gasteiger partial charge in [0.15, 0.2) is 0 Å². The van der Waals surface area contributed by atoms with Gasteiger partial charge in [0.05, 0.1) is 5.69 Å². The number of para-hydroxylation sites is 1. The van der Waals surface area contributed by atoms with Crippen molar-refractivity contribution in [1.82, 2.24) is 0 Å². The normalized spacial score (nSPS) is 18.9. The van der Waals surface area contributed by atoms with Crippen LogP contribution in [-0.4, -0.2) is 25.8 Å². The van der Waals surface area contributed by atoms with Gasteiger partial charge in [0.25, 0.3) is 0 Å². The van der Waals surface area contributed by atoms with Crippen molar-refractivity contribution in [3.63, 3.8) is 0 Å². The lowest BCUT2D eigenvalue weighted by molar-refractivity contribution is 0.0613. The van der Waals surface area contributed by atoms with Crippen LogP contribution in [0.2, 0.25) is 0 Å². The Morgan fingerprint density at radius 3 is 2.71 bits per heavy atom. The highest BCUT2D eigenvalue weighted by molar-refractivity contribution is 5.45. The summed E-state index contributed by atoms with van der Waals surface area (Å²) >= 11 is 0. The maximum atomic E-state index is 13.5. The fourth-order valence-corrected chi connectivity index (χ4v) is 2.27. The first-order chi connectivity index (χ1) is 8.31. The average molecular weight is 238 g/mol. The van der Waals surface area contributed by atoms with Crippen LogP contribution in [0.1, 0.15) is 12.8 Å². The van der Waals surface area contributed by atoms with Crippen LogP contribution >= 0.6 is 0 Å². The van der Waals surface area contributed by atoms with E-state index in [0.717, 1.165) is 26.1 Å². The summed E-state index contributed by atoms with van der Waals surface area (Å²) in [5.74, 6) is 0.242. The minimum absolute atomic E-state index is 0.121. The molecule has 0 radical (unpaired) electrons. The van der Waals surface area contributed by atoms with E-state index in [1.165, 1.54) is 6.07 Å². The predicted octanol–water partition coefficient (Wildman–Crippen LogP) is 1.99. The van der Waals surface area contributed by atoms with Crippen molar-refractivity contribution < 1.29 is 9.13 Å². The molecule has 0 amide bonds. The summed E-state index contributed by atoms with van der Waals surface area (Å²) in [6.45, 7) is 2.07. The second kappa shape index (κ2) is 5.98. The van der Waals surface area contributed by atoms with E-state index in [1.807, 2.05) is 6.07 Å². The topological polar surface area (TPSA) is 47.3 Å². The Morgan fingerprint density at radius 1 is 1.35 bits per heavy atom. The van der Waals surface area contributed by atoms with E-state index >= 15 is 0 Å². The van der Waals surface area contributed by atoms with Crippen molar-refractivity contribution in [3.05, 3.63) is 30.1 Å². The molecule has 1 fully saturated rings. The van der Waals surface area contributed by atoms with Crippen molar-refractivity contribution in [3.8, 4) is 0 Å². The van der Waals surface area contributed by atoms with Crippen molar-refractivity contribution in [1.29, 1.82) is 0 Å². The van der Waals surface area contributed by atoms with Gasteiger partial charge in [0, 0.05) is 25.8 Å². The number of benzene rings is 1. The summed E-state index contributed by atoms with van der Waals surface area (Å²) in [4.78, 5) is 0. The first-order valence-corrected chi connectivity index (χ1v) is 6.10. The lowest BCUT2D eigenvalue weighted by atomic mass is 9.91. The zero-order valence-electron chi connectivity index (χ0n) is 9.86. The van der Waals surface area contributed by atoms with Gasteiger partial charge in [-0.05, 0) is 30.9 Å². The van der Waals surface area contributed by atoms with Gasteiger partial charge in [-0.2, -0.15) is 0 Å².